The summed E-state index contributed by atoms with van der Waals surface area (Å²) in [5.41, 5.74) is -0.354. The summed E-state index contributed by atoms with van der Waals surface area (Å²) in [6, 6.07) is 0. The van der Waals surface area contributed by atoms with Crippen LogP contribution < -0.4 is 5.32 Å². The van der Waals surface area contributed by atoms with Gasteiger partial charge in [0.1, 0.15) is 9.84 Å². The number of hydrogen-bond donors (Lipinski definition) is 1. The van der Waals surface area contributed by atoms with Crippen LogP contribution in [-0.4, -0.2) is 31.9 Å². The summed E-state index contributed by atoms with van der Waals surface area (Å²) in [6.45, 7) is 2.13. The molecule has 2 aliphatic rings. The monoisotopic (exact) mass is 301 g/mol. The molecule has 0 unspecified atom stereocenters. The molecule has 20 heavy (non-hydrogen) atoms. The Morgan fingerprint density at radius 2 is 1.60 bits per heavy atom. The van der Waals surface area contributed by atoms with Crippen LogP contribution in [0.3, 0.4) is 0 Å². The first kappa shape index (κ1) is 15.8. The molecule has 0 spiro atoms. The van der Waals surface area contributed by atoms with Crippen LogP contribution in [-0.2, 0) is 14.6 Å². The van der Waals surface area contributed by atoms with Crippen molar-refractivity contribution in [1.82, 2.24) is 5.32 Å². The quantitative estimate of drug-likeness (QED) is 0.793. The number of nitrogens with one attached hydrogen (secondary N) is 1. The van der Waals surface area contributed by atoms with E-state index in [1.165, 1.54) is 31.9 Å². The predicted octanol–water partition coefficient (Wildman–Crippen LogP) is 2.43. The van der Waals surface area contributed by atoms with E-state index in [0.717, 1.165) is 25.7 Å². The van der Waals surface area contributed by atoms with Crippen LogP contribution in [0.2, 0.25) is 0 Å². The lowest BCUT2D eigenvalue weighted by molar-refractivity contribution is -0.124. The summed E-state index contributed by atoms with van der Waals surface area (Å²) >= 11 is 0. The van der Waals surface area contributed by atoms with E-state index in [4.69, 9.17) is 0 Å². The second-order valence-electron chi connectivity index (χ2n) is 7.27. The fraction of sp³-hybridized carbons (Fsp3) is 0.933. The Bertz CT molecular complexity index is 458. The molecule has 0 aliphatic heterocycles. The molecule has 0 aromatic heterocycles. The zero-order valence-electron chi connectivity index (χ0n) is 12.7. The summed E-state index contributed by atoms with van der Waals surface area (Å²) in [7, 11) is -3.00. The van der Waals surface area contributed by atoms with Crippen LogP contribution in [0.1, 0.15) is 64.7 Å². The van der Waals surface area contributed by atoms with Gasteiger partial charge >= 0.3 is 0 Å². The Morgan fingerprint density at radius 3 is 2.05 bits per heavy atom. The molecule has 1 amide bonds. The van der Waals surface area contributed by atoms with Crippen LogP contribution in [0, 0.1) is 5.41 Å². The summed E-state index contributed by atoms with van der Waals surface area (Å²) in [5, 5.41) is 3.18. The van der Waals surface area contributed by atoms with Gasteiger partial charge in [0.2, 0.25) is 5.91 Å². The van der Waals surface area contributed by atoms with Crippen LogP contribution in [0.15, 0.2) is 0 Å². The Hall–Kier alpha value is -0.580. The summed E-state index contributed by atoms with van der Waals surface area (Å²) in [6.07, 6.45) is 10.3. The van der Waals surface area contributed by atoms with Gasteiger partial charge in [-0.15, -0.1) is 0 Å². The third-order valence-corrected chi connectivity index (χ3v) is 5.85. The molecule has 0 heterocycles. The first-order chi connectivity index (χ1) is 9.22. The van der Waals surface area contributed by atoms with E-state index >= 15 is 0 Å². The lowest BCUT2D eigenvalue weighted by atomic mass is 9.92. The summed E-state index contributed by atoms with van der Waals surface area (Å²) < 4.78 is 22.9. The van der Waals surface area contributed by atoms with Gasteiger partial charge in [-0.2, -0.15) is 0 Å². The maximum absolute atomic E-state index is 12.3. The van der Waals surface area contributed by atoms with Gasteiger partial charge < -0.3 is 5.32 Å². The summed E-state index contributed by atoms with van der Waals surface area (Å²) in [4.78, 5) is 12.3. The molecule has 0 aromatic rings. The third-order valence-electron chi connectivity index (χ3n) is 4.71. The number of rotatable bonds is 5. The van der Waals surface area contributed by atoms with Crippen LogP contribution in [0.25, 0.3) is 0 Å². The molecular weight excluding hydrogens is 274 g/mol. The molecule has 0 radical (unpaired) electrons. The van der Waals surface area contributed by atoms with Crippen LogP contribution in [0.5, 0.6) is 0 Å². The van der Waals surface area contributed by atoms with Gasteiger partial charge in [-0.1, -0.05) is 25.7 Å². The molecule has 116 valence electrons. The molecule has 2 rings (SSSR count). The van der Waals surface area contributed by atoms with Crippen molar-refractivity contribution in [2.75, 3.05) is 12.0 Å². The standard InChI is InChI=1S/C15H27NO3S/c1-14(7-5-3-4-6-8-14)16-13(17)11-15(9-10-15)12-20(2,18)19/h3-12H2,1-2H3,(H,16,17). The van der Waals surface area contributed by atoms with E-state index < -0.39 is 9.84 Å². The largest absolute Gasteiger partial charge is 0.351 e. The minimum absolute atomic E-state index is 0.0375. The Labute approximate surface area is 122 Å². The highest BCUT2D eigenvalue weighted by Crippen LogP contribution is 2.49. The SMILES string of the molecule is CC1(NC(=O)CC2(CS(C)(=O)=O)CC2)CCCCCC1. The highest BCUT2D eigenvalue weighted by atomic mass is 32.2. The number of carbonyl (C=O) groups is 1. The van der Waals surface area contributed by atoms with Crippen molar-refractivity contribution in [3.8, 4) is 0 Å². The molecule has 2 saturated carbocycles. The van der Waals surface area contributed by atoms with Gasteiger partial charge in [0.05, 0.1) is 5.75 Å². The maximum Gasteiger partial charge on any atom is 0.221 e. The first-order valence-corrected chi connectivity index (χ1v) is 9.77. The fourth-order valence-corrected chi connectivity index (χ4v) is 4.96. The van der Waals surface area contributed by atoms with E-state index in [9.17, 15) is 13.2 Å². The molecule has 5 heteroatoms. The molecule has 0 atom stereocenters. The smallest absolute Gasteiger partial charge is 0.221 e. The first-order valence-electron chi connectivity index (χ1n) is 7.71. The van der Waals surface area contributed by atoms with Crippen molar-refractivity contribution in [2.45, 2.75) is 70.3 Å². The number of hydrogen-bond acceptors (Lipinski definition) is 3. The van der Waals surface area contributed by atoms with E-state index in [1.807, 2.05) is 0 Å². The molecular formula is C15H27NO3S. The van der Waals surface area contributed by atoms with Crippen LogP contribution >= 0.6 is 0 Å². The summed E-state index contributed by atoms with van der Waals surface area (Å²) in [5.74, 6) is 0.194. The molecule has 2 aliphatic carbocycles. The van der Waals surface area contributed by atoms with Gasteiger partial charge in [0, 0.05) is 18.2 Å². The third kappa shape index (κ3) is 4.76. The normalized spacial score (nSPS) is 24.7. The molecule has 0 bridgehead atoms. The predicted molar refractivity (Wildman–Crippen MR) is 80.2 cm³/mol. The highest BCUT2D eigenvalue weighted by Gasteiger charge is 2.47. The number of carbonyl (C=O) groups excluding carboxylic acids is 1. The van der Waals surface area contributed by atoms with Crippen molar-refractivity contribution in [3.63, 3.8) is 0 Å². The fourth-order valence-electron chi connectivity index (χ4n) is 3.46. The van der Waals surface area contributed by atoms with Gasteiger partial charge in [-0.05, 0) is 38.0 Å². The van der Waals surface area contributed by atoms with E-state index in [0.29, 0.717) is 6.42 Å². The van der Waals surface area contributed by atoms with Crippen molar-refractivity contribution in [3.05, 3.63) is 0 Å². The minimum atomic E-state index is -3.00. The molecule has 0 aromatic carbocycles. The topological polar surface area (TPSA) is 63.2 Å². The molecule has 2 fully saturated rings. The van der Waals surface area contributed by atoms with Gasteiger partial charge in [-0.3, -0.25) is 4.79 Å². The average Bonchev–Trinajstić information content (AvgIpc) is 3.01. The van der Waals surface area contributed by atoms with Crippen molar-refractivity contribution in [1.29, 1.82) is 0 Å². The molecule has 1 N–H and O–H groups in total. The lowest BCUT2D eigenvalue weighted by Crippen LogP contribution is -2.46. The van der Waals surface area contributed by atoms with Crippen molar-refractivity contribution >= 4 is 15.7 Å². The Balaban J connectivity index is 1.89. The van der Waals surface area contributed by atoms with E-state index in [-0.39, 0.29) is 22.6 Å². The van der Waals surface area contributed by atoms with E-state index in [1.54, 1.807) is 0 Å². The van der Waals surface area contributed by atoms with Gasteiger partial charge in [0.25, 0.3) is 0 Å². The zero-order chi connectivity index (χ0) is 14.9. The maximum atomic E-state index is 12.3. The molecule has 4 nitrogen and oxygen atoms in total. The van der Waals surface area contributed by atoms with Crippen molar-refractivity contribution in [2.24, 2.45) is 5.41 Å². The Morgan fingerprint density at radius 1 is 1.05 bits per heavy atom. The average molecular weight is 301 g/mol. The second-order valence-corrected chi connectivity index (χ2v) is 9.41. The van der Waals surface area contributed by atoms with E-state index in [2.05, 4.69) is 12.2 Å². The second kappa shape index (κ2) is 5.66. The van der Waals surface area contributed by atoms with Gasteiger partial charge in [0.15, 0.2) is 0 Å². The van der Waals surface area contributed by atoms with Gasteiger partial charge in [-0.25, -0.2) is 8.42 Å². The number of sulfone groups is 1. The Kier molecular flexibility index (Phi) is 4.47. The minimum Gasteiger partial charge on any atom is -0.351 e. The highest BCUT2D eigenvalue weighted by molar-refractivity contribution is 7.90. The van der Waals surface area contributed by atoms with Crippen LogP contribution in [0.4, 0.5) is 0 Å². The number of amides is 1. The lowest BCUT2D eigenvalue weighted by Gasteiger charge is -2.30. The molecule has 0 saturated heterocycles. The zero-order valence-corrected chi connectivity index (χ0v) is 13.5. The van der Waals surface area contributed by atoms with Crippen molar-refractivity contribution < 1.29 is 13.2 Å².